The molecule has 1 aromatic heterocycles. The van der Waals surface area contributed by atoms with Crippen LogP contribution in [0.15, 0.2) is 5.16 Å². The summed E-state index contributed by atoms with van der Waals surface area (Å²) in [5, 5.41) is 7.29. The molecule has 1 heterocycles. The van der Waals surface area contributed by atoms with Crippen molar-refractivity contribution in [1.29, 1.82) is 0 Å². The van der Waals surface area contributed by atoms with Crippen LogP contribution in [0.3, 0.4) is 0 Å². The van der Waals surface area contributed by atoms with Gasteiger partial charge in [0, 0.05) is 32.6 Å². The zero-order valence-corrected chi connectivity index (χ0v) is 14.3. The van der Waals surface area contributed by atoms with Crippen LogP contribution in [-0.2, 0) is 13.3 Å². The molecule has 0 aliphatic rings. The highest BCUT2D eigenvalue weighted by Gasteiger charge is 2.46. The summed E-state index contributed by atoms with van der Waals surface area (Å²) < 4.78 is 16.8. The number of nitrogen functional groups attached to an aromatic ring is 1. The third kappa shape index (κ3) is 4.45. The number of H-pyrrole nitrogens is 1. The summed E-state index contributed by atoms with van der Waals surface area (Å²) in [6.07, 6.45) is 3.00. The lowest BCUT2D eigenvalue weighted by Crippen LogP contribution is -2.47. The topological polar surface area (TPSA) is 95.3 Å². The predicted octanol–water partition coefficient (Wildman–Crippen LogP) is 1.92. The van der Waals surface area contributed by atoms with Crippen molar-refractivity contribution in [3.8, 4) is 0 Å². The number of aromatic amines is 1. The van der Waals surface area contributed by atoms with Gasteiger partial charge in [-0.05, 0) is 12.8 Å². The summed E-state index contributed by atoms with van der Waals surface area (Å²) in [7, 11) is 2.39. The molecule has 116 valence electrons. The molecule has 0 saturated carbocycles. The van der Waals surface area contributed by atoms with Gasteiger partial charge >= 0.3 is 8.80 Å². The number of nitrogens with one attached hydrogen (secondary N) is 1. The molecule has 7 nitrogen and oxygen atoms in total. The van der Waals surface area contributed by atoms with Crippen molar-refractivity contribution in [3.63, 3.8) is 0 Å². The Balaban J connectivity index is 2.57. The molecule has 0 aliphatic heterocycles. The molecule has 0 radical (unpaired) electrons. The highest BCUT2D eigenvalue weighted by molar-refractivity contribution is 7.99. The minimum absolute atomic E-state index is 0.274. The molecular formula is C11H24N4O3SSi. The second-order valence-electron chi connectivity index (χ2n) is 4.34. The Morgan fingerprint density at radius 3 is 2.35 bits per heavy atom. The molecule has 9 heteroatoms. The van der Waals surface area contributed by atoms with Gasteiger partial charge in [-0.15, -0.1) is 5.10 Å². The smallest absolute Gasteiger partial charge is 0.377 e. The molecule has 1 rings (SSSR count). The first kappa shape index (κ1) is 17.4. The summed E-state index contributed by atoms with van der Waals surface area (Å²) in [5.74, 6) is 1.21. The van der Waals surface area contributed by atoms with E-state index < -0.39 is 8.80 Å². The summed E-state index contributed by atoms with van der Waals surface area (Å²) in [4.78, 5) is 4.07. The summed E-state index contributed by atoms with van der Waals surface area (Å²) in [6, 6.07) is 0. The number of anilines is 1. The van der Waals surface area contributed by atoms with Gasteiger partial charge in [0.2, 0.25) is 11.1 Å². The van der Waals surface area contributed by atoms with Crippen molar-refractivity contribution in [2.75, 3.05) is 32.8 Å². The molecule has 1 atom stereocenters. The van der Waals surface area contributed by atoms with E-state index in [4.69, 9.17) is 19.0 Å². The van der Waals surface area contributed by atoms with Crippen LogP contribution >= 0.6 is 11.8 Å². The van der Waals surface area contributed by atoms with E-state index in [2.05, 4.69) is 22.1 Å². The van der Waals surface area contributed by atoms with Gasteiger partial charge in [-0.25, -0.2) is 5.10 Å². The average molecular weight is 320 g/mol. The Kier molecular flexibility index (Phi) is 7.52. The van der Waals surface area contributed by atoms with Gasteiger partial charge in [0.15, 0.2) is 0 Å². The maximum Gasteiger partial charge on any atom is 0.503 e. The fraction of sp³-hybridized carbons (Fsp3) is 0.818. The SMILES string of the molecule is CCCC(CCSc1n[nH]c(N)n1)[Si](OC)(OC)OC. The van der Waals surface area contributed by atoms with Crippen LogP contribution in [0.1, 0.15) is 26.2 Å². The lowest BCUT2D eigenvalue weighted by molar-refractivity contribution is 0.109. The second-order valence-corrected chi connectivity index (χ2v) is 8.65. The number of nitrogens with zero attached hydrogens (tertiary/aromatic N) is 2. The molecule has 0 spiro atoms. The molecule has 0 saturated heterocycles. The zero-order valence-electron chi connectivity index (χ0n) is 12.5. The highest BCUT2D eigenvalue weighted by Crippen LogP contribution is 2.33. The van der Waals surface area contributed by atoms with Gasteiger partial charge in [0.05, 0.1) is 0 Å². The Labute approximate surface area is 125 Å². The molecule has 1 unspecified atom stereocenters. The zero-order chi connectivity index (χ0) is 15.0. The van der Waals surface area contributed by atoms with E-state index in [1.54, 1.807) is 33.1 Å². The second kappa shape index (κ2) is 8.62. The van der Waals surface area contributed by atoms with E-state index in [1.807, 2.05) is 0 Å². The number of nitrogens with two attached hydrogens (primary N) is 1. The van der Waals surface area contributed by atoms with Crippen molar-refractivity contribution < 1.29 is 13.3 Å². The van der Waals surface area contributed by atoms with Crippen LogP contribution in [0, 0.1) is 0 Å². The maximum atomic E-state index is 5.59. The van der Waals surface area contributed by atoms with E-state index >= 15 is 0 Å². The predicted molar refractivity (Wildman–Crippen MR) is 81.6 cm³/mol. The first-order valence-corrected chi connectivity index (χ1v) is 9.36. The number of hydrogen-bond donors (Lipinski definition) is 2. The maximum absolute atomic E-state index is 5.59. The van der Waals surface area contributed by atoms with Crippen molar-refractivity contribution in [2.45, 2.75) is 36.9 Å². The van der Waals surface area contributed by atoms with Crippen molar-refractivity contribution in [1.82, 2.24) is 15.2 Å². The number of hydrogen-bond acceptors (Lipinski definition) is 7. The Morgan fingerprint density at radius 2 is 1.90 bits per heavy atom. The first-order valence-electron chi connectivity index (χ1n) is 6.58. The summed E-state index contributed by atoms with van der Waals surface area (Å²) >= 11 is 1.57. The first-order chi connectivity index (χ1) is 9.61. The average Bonchev–Trinajstić information content (AvgIpc) is 2.87. The molecule has 0 fully saturated rings. The molecule has 0 bridgehead atoms. The highest BCUT2D eigenvalue weighted by atomic mass is 32.2. The number of aromatic nitrogens is 3. The monoisotopic (exact) mass is 320 g/mol. The van der Waals surface area contributed by atoms with Crippen LogP contribution < -0.4 is 5.73 Å². The largest absolute Gasteiger partial charge is 0.503 e. The van der Waals surface area contributed by atoms with Gasteiger partial charge < -0.3 is 19.0 Å². The van der Waals surface area contributed by atoms with Crippen molar-refractivity contribution >= 4 is 26.5 Å². The molecule has 3 N–H and O–H groups in total. The van der Waals surface area contributed by atoms with E-state index in [0.29, 0.717) is 11.1 Å². The molecule has 0 aliphatic carbocycles. The molecule has 1 aromatic rings. The Morgan fingerprint density at radius 1 is 1.25 bits per heavy atom. The fourth-order valence-corrected chi connectivity index (χ4v) is 5.92. The van der Waals surface area contributed by atoms with Gasteiger partial charge in [0.1, 0.15) is 0 Å². The third-order valence-electron chi connectivity index (χ3n) is 3.17. The fourth-order valence-electron chi connectivity index (χ4n) is 2.21. The minimum atomic E-state index is -2.59. The van der Waals surface area contributed by atoms with Gasteiger partial charge in [-0.3, -0.25) is 0 Å². The minimum Gasteiger partial charge on any atom is -0.377 e. The lowest BCUT2D eigenvalue weighted by Gasteiger charge is -2.32. The molecule has 0 aromatic carbocycles. The molecule has 0 amide bonds. The van der Waals surface area contributed by atoms with E-state index in [0.717, 1.165) is 25.0 Å². The Hall–Kier alpha value is -0.613. The van der Waals surface area contributed by atoms with Gasteiger partial charge in [-0.2, -0.15) is 4.98 Å². The van der Waals surface area contributed by atoms with E-state index in [1.165, 1.54) is 0 Å². The van der Waals surface area contributed by atoms with Crippen LogP contribution in [0.5, 0.6) is 0 Å². The number of thioether (sulfide) groups is 1. The standard InChI is InChI=1S/C11H24N4O3SSi/c1-5-6-9(20(16-2,17-3)18-4)7-8-19-11-13-10(12)14-15-11/h9H,5-8H2,1-4H3,(H3,12,13,14,15). The van der Waals surface area contributed by atoms with Gasteiger partial charge in [-0.1, -0.05) is 25.1 Å². The van der Waals surface area contributed by atoms with E-state index in [-0.39, 0.29) is 5.54 Å². The third-order valence-corrected chi connectivity index (χ3v) is 7.34. The quantitative estimate of drug-likeness (QED) is 0.502. The Bertz CT molecular complexity index is 381. The van der Waals surface area contributed by atoms with Crippen LogP contribution in [0.4, 0.5) is 5.95 Å². The molecule has 20 heavy (non-hydrogen) atoms. The normalized spacial score (nSPS) is 13.6. The summed E-state index contributed by atoms with van der Waals surface area (Å²) in [6.45, 7) is 2.15. The van der Waals surface area contributed by atoms with Crippen LogP contribution in [0.25, 0.3) is 0 Å². The molecular weight excluding hydrogens is 296 g/mol. The van der Waals surface area contributed by atoms with Crippen LogP contribution in [0.2, 0.25) is 5.54 Å². The van der Waals surface area contributed by atoms with Gasteiger partial charge in [0.25, 0.3) is 0 Å². The summed E-state index contributed by atoms with van der Waals surface area (Å²) in [5.41, 5.74) is 5.77. The number of rotatable bonds is 10. The van der Waals surface area contributed by atoms with Crippen molar-refractivity contribution in [3.05, 3.63) is 0 Å². The van der Waals surface area contributed by atoms with E-state index in [9.17, 15) is 0 Å². The van der Waals surface area contributed by atoms with Crippen LogP contribution in [-0.4, -0.2) is 51.1 Å². The van der Waals surface area contributed by atoms with Crippen molar-refractivity contribution in [2.24, 2.45) is 0 Å². The lowest BCUT2D eigenvalue weighted by atomic mass is 10.2.